The fraction of sp³-hybridized carbons (Fsp3) is 0.273. The monoisotopic (exact) mass is 417 g/mol. The first kappa shape index (κ1) is 20.1. The molecule has 0 atom stereocenters. The SMILES string of the molecule is C=C(OC(=NC)c1cnc2c(c1)C(=C)N(C1(c3c(F)cccc3F)CC1)C2)C(F)F. The van der Waals surface area contributed by atoms with Gasteiger partial charge in [-0.05, 0) is 31.0 Å². The number of aliphatic imine (C=N–C) groups is 1. The Morgan fingerprint density at radius 1 is 1.27 bits per heavy atom. The van der Waals surface area contributed by atoms with Gasteiger partial charge in [-0.3, -0.25) is 9.98 Å². The molecule has 0 N–H and O–H groups in total. The van der Waals surface area contributed by atoms with E-state index in [0.29, 0.717) is 41.9 Å². The summed E-state index contributed by atoms with van der Waals surface area (Å²) in [6, 6.07) is 5.51. The topological polar surface area (TPSA) is 37.7 Å². The van der Waals surface area contributed by atoms with E-state index in [0.717, 1.165) is 0 Å². The number of hydrogen-bond donors (Lipinski definition) is 0. The number of rotatable bonds is 5. The molecule has 1 aliphatic heterocycles. The molecular weight excluding hydrogens is 398 g/mol. The van der Waals surface area contributed by atoms with Crippen LogP contribution >= 0.6 is 0 Å². The molecule has 2 aliphatic rings. The van der Waals surface area contributed by atoms with Gasteiger partial charge >= 0.3 is 0 Å². The molecule has 0 spiro atoms. The standard InChI is InChI=1S/C22H19F4N3O/c1-12-15-9-14(21(27-3)30-13(2)20(25)26)10-28-18(15)11-29(12)22(7-8-22)19-16(23)5-4-6-17(19)24/h4-6,9-10,20H,1-2,7-8,11H2,3H3. The third-order valence-corrected chi connectivity index (χ3v) is 5.50. The van der Waals surface area contributed by atoms with Crippen molar-refractivity contribution in [3.05, 3.63) is 83.4 Å². The van der Waals surface area contributed by atoms with Gasteiger partial charge < -0.3 is 9.64 Å². The predicted molar refractivity (Wildman–Crippen MR) is 105 cm³/mol. The quantitative estimate of drug-likeness (QED) is 0.297. The molecule has 0 saturated heterocycles. The van der Waals surface area contributed by atoms with Crippen LogP contribution in [0.4, 0.5) is 17.6 Å². The summed E-state index contributed by atoms with van der Waals surface area (Å²) in [6.45, 7) is 7.63. The number of halogens is 4. The second-order valence-electron chi connectivity index (χ2n) is 7.28. The van der Waals surface area contributed by atoms with Crippen molar-refractivity contribution in [1.29, 1.82) is 0 Å². The van der Waals surface area contributed by atoms with Crippen molar-refractivity contribution in [3.63, 3.8) is 0 Å². The normalized spacial score (nSPS) is 17.3. The molecule has 0 bridgehead atoms. The second-order valence-corrected chi connectivity index (χ2v) is 7.28. The first-order chi connectivity index (χ1) is 14.3. The number of aromatic nitrogens is 1. The lowest BCUT2D eigenvalue weighted by Gasteiger charge is -2.31. The average Bonchev–Trinajstić information content (AvgIpc) is 3.43. The minimum Gasteiger partial charge on any atom is -0.438 e. The maximum atomic E-state index is 14.5. The molecule has 1 aliphatic carbocycles. The van der Waals surface area contributed by atoms with Gasteiger partial charge in [0.25, 0.3) is 6.43 Å². The molecule has 1 saturated carbocycles. The summed E-state index contributed by atoms with van der Waals surface area (Å²) in [5, 5.41) is 0. The van der Waals surface area contributed by atoms with E-state index in [9.17, 15) is 17.6 Å². The molecule has 156 valence electrons. The van der Waals surface area contributed by atoms with E-state index in [-0.39, 0.29) is 11.5 Å². The smallest absolute Gasteiger partial charge is 0.294 e. The summed E-state index contributed by atoms with van der Waals surface area (Å²) in [7, 11) is 1.41. The number of allylic oxidation sites excluding steroid dienone is 1. The lowest BCUT2D eigenvalue weighted by Crippen LogP contribution is -2.31. The van der Waals surface area contributed by atoms with Crippen molar-refractivity contribution in [2.75, 3.05) is 7.05 Å². The largest absolute Gasteiger partial charge is 0.438 e. The fourth-order valence-electron chi connectivity index (χ4n) is 3.90. The summed E-state index contributed by atoms with van der Waals surface area (Å²) in [4.78, 5) is 10.2. The Kier molecular flexibility index (Phi) is 4.88. The summed E-state index contributed by atoms with van der Waals surface area (Å²) < 4.78 is 59.6. The van der Waals surface area contributed by atoms with Gasteiger partial charge in [0.2, 0.25) is 5.90 Å². The fourth-order valence-corrected chi connectivity index (χ4v) is 3.90. The van der Waals surface area contributed by atoms with E-state index < -0.39 is 29.4 Å². The molecule has 0 unspecified atom stereocenters. The molecule has 0 radical (unpaired) electrons. The van der Waals surface area contributed by atoms with Crippen LogP contribution in [0.25, 0.3) is 5.70 Å². The van der Waals surface area contributed by atoms with E-state index in [4.69, 9.17) is 4.74 Å². The number of pyridine rings is 1. The van der Waals surface area contributed by atoms with Crippen LogP contribution in [-0.4, -0.2) is 29.3 Å². The van der Waals surface area contributed by atoms with Crippen molar-refractivity contribution in [3.8, 4) is 0 Å². The van der Waals surface area contributed by atoms with Crippen LogP contribution in [0.3, 0.4) is 0 Å². The maximum absolute atomic E-state index is 14.5. The van der Waals surface area contributed by atoms with Gasteiger partial charge in [-0.15, -0.1) is 0 Å². The third-order valence-electron chi connectivity index (χ3n) is 5.50. The lowest BCUT2D eigenvalue weighted by molar-refractivity contribution is 0.134. The van der Waals surface area contributed by atoms with Gasteiger partial charge in [0.05, 0.1) is 23.3 Å². The number of alkyl halides is 2. The van der Waals surface area contributed by atoms with Gasteiger partial charge in [0.15, 0.2) is 5.76 Å². The highest BCUT2D eigenvalue weighted by atomic mass is 19.3. The summed E-state index contributed by atoms with van der Waals surface area (Å²) in [5.74, 6) is -1.96. The highest BCUT2D eigenvalue weighted by Gasteiger charge is 2.54. The van der Waals surface area contributed by atoms with Crippen LogP contribution < -0.4 is 0 Å². The number of ether oxygens (including phenoxy) is 1. The Hall–Kier alpha value is -3.16. The first-order valence-electron chi connectivity index (χ1n) is 9.31. The van der Waals surface area contributed by atoms with E-state index in [1.54, 1.807) is 6.07 Å². The van der Waals surface area contributed by atoms with Crippen LogP contribution in [0, 0.1) is 11.6 Å². The average molecular weight is 417 g/mol. The first-order valence-corrected chi connectivity index (χ1v) is 9.31. The molecule has 2 aromatic rings. The predicted octanol–water partition coefficient (Wildman–Crippen LogP) is 5.01. The summed E-state index contributed by atoms with van der Waals surface area (Å²) in [6.07, 6.45) is -0.215. The number of fused-ring (bicyclic) bond motifs is 1. The van der Waals surface area contributed by atoms with Crippen LogP contribution in [0.15, 0.2) is 54.4 Å². The molecular formula is C22H19F4N3O. The van der Waals surface area contributed by atoms with Gasteiger partial charge in [-0.2, -0.15) is 0 Å². The zero-order valence-corrected chi connectivity index (χ0v) is 16.3. The molecule has 1 fully saturated rings. The van der Waals surface area contributed by atoms with Crippen LogP contribution in [0.1, 0.15) is 35.2 Å². The highest BCUT2D eigenvalue weighted by Crippen LogP contribution is 2.57. The summed E-state index contributed by atoms with van der Waals surface area (Å²) >= 11 is 0. The Balaban J connectivity index is 1.66. The summed E-state index contributed by atoms with van der Waals surface area (Å²) in [5.41, 5.74) is 1.49. The Labute approximate surface area is 171 Å². The van der Waals surface area contributed by atoms with E-state index in [1.165, 1.54) is 31.4 Å². The minimum atomic E-state index is -2.85. The van der Waals surface area contributed by atoms with E-state index >= 15 is 0 Å². The van der Waals surface area contributed by atoms with Crippen molar-refractivity contribution < 1.29 is 22.3 Å². The van der Waals surface area contributed by atoms with Crippen LogP contribution in [0.2, 0.25) is 0 Å². The number of nitrogens with zero attached hydrogens (tertiary/aromatic N) is 3. The van der Waals surface area contributed by atoms with E-state index in [1.807, 2.05) is 4.90 Å². The minimum absolute atomic E-state index is 0.0338. The van der Waals surface area contributed by atoms with Crippen molar-refractivity contribution in [2.24, 2.45) is 4.99 Å². The Morgan fingerprint density at radius 2 is 1.93 bits per heavy atom. The molecule has 4 rings (SSSR count). The highest BCUT2D eigenvalue weighted by molar-refractivity contribution is 5.95. The number of benzene rings is 1. The molecule has 8 heteroatoms. The third kappa shape index (κ3) is 3.16. The molecule has 0 amide bonds. The van der Waals surface area contributed by atoms with Gasteiger partial charge in [0.1, 0.15) is 11.6 Å². The molecule has 1 aromatic carbocycles. The zero-order chi connectivity index (χ0) is 21.6. The van der Waals surface area contributed by atoms with Gasteiger partial charge in [-0.25, -0.2) is 17.6 Å². The Bertz CT molecular complexity index is 1060. The molecule has 30 heavy (non-hydrogen) atoms. The van der Waals surface area contributed by atoms with E-state index in [2.05, 4.69) is 23.1 Å². The second kappa shape index (κ2) is 7.27. The molecule has 1 aromatic heterocycles. The number of hydrogen-bond acceptors (Lipinski definition) is 4. The van der Waals surface area contributed by atoms with Crippen molar-refractivity contribution in [2.45, 2.75) is 31.4 Å². The van der Waals surface area contributed by atoms with Crippen LogP contribution in [-0.2, 0) is 16.8 Å². The van der Waals surface area contributed by atoms with Gasteiger partial charge in [-0.1, -0.05) is 19.2 Å². The van der Waals surface area contributed by atoms with Gasteiger partial charge in [0, 0.05) is 30.1 Å². The maximum Gasteiger partial charge on any atom is 0.294 e. The molecule has 4 nitrogen and oxygen atoms in total. The zero-order valence-electron chi connectivity index (χ0n) is 16.3. The molecule has 2 heterocycles. The van der Waals surface area contributed by atoms with Crippen LogP contribution in [0.5, 0.6) is 0 Å². The van der Waals surface area contributed by atoms with Crippen molar-refractivity contribution in [1.82, 2.24) is 9.88 Å². The van der Waals surface area contributed by atoms with Crippen molar-refractivity contribution >= 4 is 11.6 Å². The Morgan fingerprint density at radius 3 is 2.50 bits per heavy atom. The lowest BCUT2D eigenvalue weighted by atomic mass is 10.0.